The molecule has 2 aliphatic heterocycles. The maximum atomic E-state index is 2.58. The molecule has 18 rings (SSSR count). The fourth-order valence-corrected chi connectivity index (χ4v) is 15.3. The molecule has 4 heteroatoms. The van der Waals surface area contributed by atoms with Crippen molar-refractivity contribution in [3.63, 3.8) is 0 Å². The third kappa shape index (κ3) is 6.83. The van der Waals surface area contributed by atoms with Gasteiger partial charge >= 0.3 is 0 Å². The summed E-state index contributed by atoms with van der Waals surface area (Å²) in [5.74, 6) is 0. The monoisotopic (exact) mass is 1060 g/mol. The van der Waals surface area contributed by atoms with Crippen molar-refractivity contribution in [2.75, 3.05) is 9.80 Å². The van der Waals surface area contributed by atoms with Crippen molar-refractivity contribution < 1.29 is 0 Å². The molecule has 0 saturated heterocycles. The van der Waals surface area contributed by atoms with E-state index in [1.807, 2.05) is 0 Å². The number of para-hydroxylation sites is 4. The van der Waals surface area contributed by atoms with Gasteiger partial charge in [-0.3, -0.25) is 0 Å². The number of anilines is 6. The molecule has 0 bridgehead atoms. The summed E-state index contributed by atoms with van der Waals surface area (Å²) in [6, 6.07) is 114. The summed E-state index contributed by atoms with van der Waals surface area (Å²) in [7, 11) is 0. The number of fused-ring (bicyclic) bond motifs is 14. The number of benzene rings is 16. The maximum Gasteiger partial charge on any atom is 0.245 e. The van der Waals surface area contributed by atoms with Gasteiger partial charge in [-0.05, 0) is 148 Å². The first-order valence-corrected chi connectivity index (χ1v) is 29.4. The van der Waals surface area contributed by atoms with Crippen LogP contribution in [0.4, 0.5) is 34.1 Å². The predicted octanol–water partition coefficient (Wildman–Crippen LogP) is 17.1. The predicted molar refractivity (Wildman–Crippen MR) is 363 cm³/mol. The first-order chi connectivity index (χ1) is 41.7. The van der Waals surface area contributed by atoms with Gasteiger partial charge in [0.25, 0.3) is 0 Å². The molecule has 0 radical (unpaired) electrons. The smallest absolute Gasteiger partial charge is 0.245 e. The Morgan fingerprint density at radius 2 is 0.452 bits per heavy atom. The lowest BCUT2D eigenvalue weighted by Crippen LogP contribution is -2.50. The van der Waals surface area contributed by atoms with Crippen LogP contribution in [0.2, 0.25) is 0 Å². The van der Waals surface area contributed by atoms with Crippen LogP contribution in [0.3, 0.4) is 0 Å². The molecule has 0 aromatic heterocycles. The van der Waals surface area contributed by atoms with Crippen molar-refractivity contribution in [1.82, 2.24) is 0 Å². The Kier molecular flexibility index (Phi) is 10.3. The summed E-state index contributed by atoms with van der Waals surface area (Å²) < 4.78 is 0. The van der Waals surface area contributed by atoms with E-state index >= 15 is 0 Å². The summed E-state index contributed by atoms with van der Waals surface area (Å²) in [4.78, 5) is 5.03. The molecular weight excluding hydrogens is 1010 g/mol. The van der Waals surface area contributed by atoms with E-state index in [1.165, 1.54) is 130 Å². The highest BCUT2D eigenvalue weighted by molar-refractivity contribution is 7.04. The summed E-state index contributed by atoms with van der Waals surface area (Å²) >= 11 is 0. The van der Waals surface area contributed by atoms with E-state index in [4.69, 9.17) is 0 Å². The van der Waals surface area contributed by atoms with E-state index in [-0.39, 0.29) is 13.4 Å². The molecule has 0 unspecified atom stereocenters. The molecule has 16 aromatic carbocycles. The van der Waals surface area contributed by atoms with E-state index in [9.17, 15) is 0 Å². The Morgan fingerprint density at radius 3 is 0.738 bits per heavy atom. The third-order valence-electron chi connectivity index (χ3n) is 18.7. The van der Waals surface area contributed by atoms with Gasteiger partial charge in [-0.1, -0.05) is 275 Å². The lowest BCUT2D eigenvalue weighted by atomic mass is 9.36. The standard InChI is InChI=1S/C80H50B2N2/c1-5-25-55(26-6-1)83(56-27-7-2-8-28-56)73-49-71(81-77-59-33-17-13-21-51(59)37-41-63(77)64-42-38-52-22-14-18-34-60(52)78(64)81)67-46-48-70-74(84(57-29-9-3-10-30-57)58-31-11-4-12-32-58)50-72(68-45-47-69(73)75(67)76(68)70)82-79-61-35-19-15-23-53(61)39-43-65(79)66-44-40-54-24-16-20-36-62(54)80(66)82/h1-50H. The fraction of sp³-hybridized carbons (Fsp3) is 0. The Hall–Kier alpha value is -10.7. The highest BCUT2D eigenvalue weighted by atomic mass is 15.1. The van der Waals surface area contributed by atoms with Crippen molar-refractivity contribution in [1.29, 1.82) is 0 Å². The molecule has 0 saturated carbocycles. The van der Waals surface area contributed by atoms with E-state index in [0.717, 1.165) is 34.1 Å². The first-order valence-electron chi connectivity index (χ1n) is 29.4. The molecule has 16 aromatic rings. The Bertz CT molecular complexity index is 4750. The Morgan fingerprint density at radius 1 is 0.202 bits per heavy atom. The van der Waals surface area contributed by atoms with Gasteiger partial charge < -0.3 is 9.80 Å². The van der Waals surface area contributed by atoms with Crippen LogP contribution < -0.4 is 42.6 Å². The van der Waals surface area contributed by atoms with Crippen LogP contribution in [0.5, 0.6) is 0 Å². The van der Waals surface area contributed by atoms with Crippen LogP contribution in [-0.4, -0.2) is 13.4 Å². The Labute approximate surface area is 488 Å². The van der Waals surface area contributed by atoms with Crippen molar-refractivity contribution in [3.8, 4) is 22.3 Å². The van der Waals surface area contributed by atoms with Gasteiger partial charge in [-0.2, -0.15) is 0 Å². The average Bonchev–Trinajstić information content (AvgIpc) is 1.69. The number of hydrogen-bond donors (Lipinski definition) is 0. The molecule has 0 spiro atoms. The Balaban J connectivity index is 1.06. The van der Waals surface area contributed by atoms with E-state index in [1.54, 1.807) is 0 Å². The van der Waals surface area contributed by atoms with Gasteiger partial charge in [0.15, 0.2) is 0 Å². The molecule has 2 nitrogen and oxygen atoms in total. The van der Waals surface area contributed by atoms with Crippen LogP contribution >= 0.6 is 0 Å². The maximum absolute atomic E-state index is 2.58. The second-order valence-corrected chi connectivity index (χ2v) is 22.9. The largest absolute Gasteiger partial charge is 0.310 e. The van der Waals surface area contributed by atoms with Crippen molar-refractivity contribution >= 4 is 156 Å². The van der Waals surface area contributed by atoms with Crippen LogP contribution in [0.15, 0.2) is 303 Å². The first kappa shape index (κ1) is 47.0. The third-order valence-corrected chi connectivity index (χ3v) is 18.7. The van der Waals surface area contributed by atoms with Crippen LogP contribution in [-0.2, 0) is 0 Å². The van der Waals surface area contributed by atoms with E-state index < -0.39 is 0 Å². The molecule has 84 heavy (non-hydrogen) atoms. The molecule has 2 heterocycles. The average molecular weight is 1060 g/mol. The van der Waals surface area contributed by atoms with Gasteiger partial charge in [0.2, 0.25) is 13.4 Å². The number of hydrogen-bond acceptors (Lipinski definition) is 2. The van der Waals surface area contributed by atoms with Gasteiger partial charge in [-0.15, -0.1) is 0 Å². The molecule has 0 N–H and O–H groups in total. The van der Waals surface area contributed by atoms with Crippen molar-refractivity contribution in [2.24, 2.45) is 0 Å². The summed E-state index contributed by atoms with van der Waals surface area (Å²) in [5, 5.41) is 17.6. The number of rotatable bonds is 8. The minimum atomic E-state index is -0.112. The van der Waals surface area contributed by atoms with Gasteiger partial charge in [0, 0.05) is 33.5 Å². The quantitative estimate of drug-likeness (QED) is 0.111. The SMILES string of the molecule is c1ccc(N(c2ccccc2)c2cc(B3c4c(ccc5ccccc45)-c4ccc5ccccc5c43)c3ccc4c(N(c5ccccc5)c5ccccc5)cc(B5c6c(ccc7ccccc67)-c6ccc7ccccc7c65)c5ccc2c3c54)cc1. The van der Waals surface area contributed by atoms with Gasteiger partial charge in [0.1, 0.15) is 0 Å². The molecule has 386 valence electrons. The van der Waals surface area contributed by atoms with Crippen molar-refractivity contribution in [2.45, 2.75) is 0 Å². The number of nitrogens with zero attached hydrogens (tertiary/aromatic N) is 2. The van der Waals surface area contributed by atoms with E-state index in [2.05, 4.69) is 313 Å². The summed E-state index contributed by atoms with van der Waals surface area (Å²) in [6.07, 6.45) is 0. The van der Waals surface area contributed by atoms with Crippen LogP contribution in [0.25, 0.3) is 97.7 Å². The minimum absolute atomic E-state index is 0.112. The molecule has 0 fully saturated rings. The highest BCUT2D eigenvalue weighted by Gasteiger charge is 2.41. The lowest BCUT2D eigenvalue weighted by molar-refractivity contribution is 1.30. The van der Waals surface area contributed by atoms with Crippen molar-refractivity contribution in [3.05, 3.63) is 303 Å². The minimum Gasteiger partial charge on any atom is -0.310 e. The molecule has 0 amide bonds. The second kappa shape index (κ2) is 18.4. The summed E-state index contributed by atoms with van der Waals surface area (Å²) in [5.41, 5.74) is 20.0. The normalized spacial score (nSPS) is 12.5. The van der Waals surface area contributed by atoms with Gasteiger partial charge in [0.05, 0.1) is 11.4 Å². The van der Waals surface area contributed by atoms with E-state index in [0.29, 0.717) is 0 Å². The lowest BCUT2D eigenvalue weighted by Gasteiger charge is -2.32. The highest BCUT2D eigenvalue weighted by Crippen LogP contribution is 2.48. The zero-order chi connectivity index (χ0) is 55.0. The zero-order valence-corrected chi connectivity index (χ0v) is 45.9. The van der Waals surface area contributed by atoms with Crippen LogP contribution in [0, 0.1) is 0 Å². The molecule has 2 aliphatic rings. The summed E-state index contributed by atoms with van der Waals surface area (Å²) in [6.45, 7) is -0.224. The zero-order valence-electron chi connectivity index (χ0n) is 45.9. The topological polar surface area (TPSA) is 6.48 Å². The van der Waals surface area contributed by atoms with Crippen LogP contribution in [0.1, 0.15) is 0 Å². The fourth-order valence-electron chi connectivity index (χ4n) is 15.3. The molecule has 0 atom stereocenters. The molecular formula is C80H50B2N2. The van der Waals surface area contributed by atoms with Gasteiger partial charge in [-0.25, -0.2) is 0 Å². The molecule has 0 aliphatic carbocycles. The second-order valence-electron chi connectivity index (χ2n) is 22.9.